The first-order chi connectivity index (χ1) is 7.63. The molecule has 0 bridgehead atoms. The molecule has 1 atom stereocenters. The summed E-state index contributed by atoms with van der Waals surface area (Å²) in [6, 6.07) is 0. The lowest BCUT2D eigenvalue weighted by Crippen LogP contribution is -2.08. The molecule has 0 saturated heterocycles. The first-order valence-corrected chi connectivity index (χ1v) is 6.38. The van der Waals surface area contributed by atoms with Crippen LogP contribution < -0.4 is 0 Å². The Labute approximate surface area is 99.3 Å². The van der Waals surface area contributed by atoms with E-state index >= 15 is 0 Å². The summed E-state index contributed by atoms with van der Waals surface area (Å²) in [5.74, 6) is 0.883. The Balaban J connectivity index is 2.41. The van der Waals surface area contributed by atoms with Crippen molar-refractivity contribution in [3.8, 4) is 0 Å². The monoisotopic (exact) mass is 243 g/mol. The first-order valence-electron chi connectivity index (χ1n) is 5.33. The topological polar surface area (TPSA) is 68.0 Å². The SMILES string of the molecule is CCCn1ncnc1CSC(C)CC(=O)O. The highest BCUT2D eigenvalue weighted by Crippen LogP contribution is 2.18. The number of hydrogen-bond donors (Lipinski definition) is 1. The number of carbonyl (C=O) groups is 1. The quantitative estimate of drug-likeness (QED) is 0.790. The molecule has 0 amide bonds. The minimum absolute atomic E-state index is 0.101. The van der Waals surface area contributed by atoms with E-state index in [1.165, 1.54) is 0 Å². The standard InChI is InChI=1S/C10H17N3O2S/c1-3-4-13-9(11-7-12-13)6-16-8(2)5-10(14)15/h7-8H,3-6H2,1-2H3,(H,14,15). The second kappa shape index (κ2) is 6.52. The van der Waals surface area contributed by atoms with Crippen LogP contribution in [0.3, 0.4) is 0 Å². The molecular formula is C10H17N3O2S. The molecule has 5 nitrogen and oxygen atoms in total. The highest BCUT2D eigenvalue weighted by Gasteiger charge is 2.10. The normalized spacial score (nSPS) is 12.6. The van der Waals surface area contributed by atoms with Gasteiger partial charge in [-0.3, -0.25) is 4.79 Å². The highest BCUT2D eigenvalue weighted by atomic mass is 32.2. The van der Waals surface area contributed by atoms with Crippen LogP contribution in [0.4, 0.5) is 0 Å². The number of thioether (sulfide) groups is 1. The Morgan fingerprint density at radius 1 is 1.69 bits per heavy atom. The third-order valence-corrected chi connectivity index (χ3v) is 3.25. The summed E-state index contributed by atoms with van der Waals surface area (Å²) in [7, 11) is 0. The Hall–Kier alpha value is -1.04. The van der Waals surface area contributed by atoms with Gasteiger partial charge in [-0.2, -0.15) is 16.9 Å². The number of hydrogen-bond acceptors (Lipinski definition) is 4. The van der Waals surface area contributed by atoms with Crippen molar-refractivity contribution in [3.63, 3.8) is 0 Å². The van der Waals surface area contributed by atoms with Crippen LogP contribution in [0.2, 0.25) is 0 Å². The van der Waals surface area contributed by atoms with Gasteiger partial charge >= 0.3 is 5.97 Å². The zero-order valence-corrected chi connectivity index (χ0v) is 10.4. The van der Waals surface area contributed by atoms with Gasteiger partial charge in [-0.15, -0.1) is 0 Å². The largest absolute Gasteiger partial charge is 0.481 e. The van der Waals surface area contributed by atoms with Crippen LogP contribution in [0.5, 0.6) is 0 Å². The minimum Gasteiger partial charge on any atom is -0.481 e. The van der Waals surface area contributed by atoms with Gasteiger partial charge in [-0.1, -0.05) is 13.8 Å². The van der Waals surface area contributed by atoms with E-state index in [9.17, 15) is 4.79 Å². The van der Waals surface area contributed by atoms with Crippen LogP contribution in [-0.2, 0) is 17.1 Å². The van der Waals surface area contributed by atoms with Crippen molar-refractivity contribution in [2.45, 2.75) is 44.2 Å². The molecule has 0 aliphatic heterocycles. The second-order valence-corrected chi connectivity index (χ2v) is 5.05. The van der Waals surface area contributed by atoms with Gasteiger partial charge in [0.15, 0.2) is 0 Å². The molecule has 1 aromatic heterocycles. The molecule has 0 aromatic carbocycles. The number of carboxylic acid groups (broad SMARTS) is 1. The van der Waals surface area contributed by atoms with E-state index < -0.39 is 5.97 Å². The average molecular weight is 243 g/mol. The van der Waals surface area contributed by atoms with Crippen molar-refractivity contribution in [2.75, 3.05) is 0 Å². The molecule has 1 aromatic rings. The summed E-state index contributed by atoms with van der Waals surface area (Å²) in [4.78, 5) is 14.7. The van der Waals surface area contributed by atoms with Crippen LogP contribution >= 0.6 is 11.8 Å². The van der Waals surface area contributed by atoms with E-state index in [1.54, 1.807) is 18.1 Å². The highest BCUT2D eigenvalue weighted by molar-refractivity contribution is 7.99. The number of carboxylic acids is 1. The summed E-state index contributed by atoms with van der Waals surface area (Å²) >= 11 is 1.60. The Kier molecular flexibility index (Phi) is 5.31. The van der Waals surface area contributed by atoms with Crippen molar-refractivity contribution < 1.29 is 9.90 Å². The fraction of sp³-hybridized carbons (Fsp3) is 0.700. The molecule has 0 spiro atoms. The summed E-state index contributed by atoms with van der Waals surface area (Å²) in [6.45, 7) is 4.87. The molecular weight excluding hydrogens is 226 g/mol. The zero-order valence-electron chi connectivity index (χ0n) is 9.59. The van der Waals surface area contributed by atoms with Gasteiger partial charge in [-0.05, 0) is 6.42 Å². The second-order valence-electron chi connectivity index (χ2n) is 3.62. The van der Waals surface area contributed by atoms with Crippen molar-refractivity contribution in [1.29, 1.82) is 0 Å². The lowest BCUT2D eigenvalue weighted by Gasteiger charge is -2.08. The number of aryl methyl sites for hydroxylation is 1. The van der Waals surface area contributed by atoms with Crippen LogP contribution in [-0.4, -0.2) is 31.1 Å². The summed E-state index contributed by atoms with van der Waals surface area (Å²) < 4.78 is 1.88. The van der Waals surface area contributed by atoms with Gasteiger partial charge in [0, 0.05) is 11.8 Å². The molecule has 0 aliphatic carbocycles. The van der Waals surface area contributed by atoms with Gasteiger partial charge in [0.05, 0.1) is 12.2 Å². The maximum Gasteiger partial charge on any atom is 0.304 e. The van der Waals surface area contributed by atoms with Gasteiger partial charge in [0.25, 0.3) is 0 Å². The summed E-state index contributed by atoms with van der Waals surface area (Å²) in [5, 5.41) is 12.9. The van der Waals surface area contributed by atoms with E-state index in [0.29, 0.717) is 5.75 Å². The Morgan fingerprint density at radius 2 is 2.44 bits per heavy atom. The van der Waals surface area contributed by atoms with E-state index in [0.717, 1.165) is 18.8 Å². The van der Waals surface area contributed by atoms with E-state index in [4.69, 9.17) is 5.11 Å². The van der Waals surface area contributed by atoms with Gasteiger partial charge in [-0.25, -0.2) is 9.67 Å². The van der Waals surface area contributed by atoms with Crippen LogP contribution in [0.15, 0.2) is 6.33 Å². The number of rotatable bonds is 7. The van der Waals surface area contributed by atoms with Crippen LogP contribution in [0.1, 0.15) is 32.5 Å². The van der Waals surface area contributed by atoms with Crippen LogP contribution in [0.25, 0.3) is 0 Å². The molecule has 0 aliphatic rings. The molecule has 1 heterocycles. The van der Waals surface area contributed by atoms with E-state index in [2.05, 4.69) is 17.0 Å². The maximum atomic E-state index is 10.5. The van der Waals surface area contributed by atoms with Gasteiger partial charge in [0.1, 0.15) is 12.2 Å². The molecule has 16 heavy (non-hydrogen) atoms. The van der Waals surface area contributed by atoms with E-state index in [1.807, 2.05) is 11.6 Å². The Bertz CT molecular complexity index is 341. The lowest BCUT2D eigenvalue weighted by atomic mass is 10.3. The predicted molar refractivity (Wildman–Crippen MR) is 63.3 cm³/mol. The third-order valence-electron chi connectivity index (χ3n) is 2.09. The molecule has 6 heteroatoms. The smallest absolute Gasteiger partial charge is 0.304 e. The molecule has 0 radical (unpaired) electrons. The van der Waals surface area contributed by atoms with Crippen LogP contribution in [0, 0.1) is 0 Å². The number of nitrogens with zero attached hydrogens (tertiary/aromatic N) is 3. The molecule has 0 fully saturated rings. The van der Waals surface area contributed by atoms with E-state index in [-0.39, 0.29) is 11.7 Å². The van der Waals surface area contributed by atoms with Gasteiger partial charge < -0.3 is 5.11 Å². The third kappa shape index (κ3) is 4.22. The van der Waals surface area contributed by atoms with Crippen molar-refractivity contribution in [2.24, 2.45) is 0 Å². The number of aliphatic carboxylic acids is 1. The summed E-state index contributed by atoms with van der Waals surface area (Å²) in [6.07, 6.45) is 2.76. The fourth-order valence-electron chi connectivity index (χ4n) is 1.32. The number of aromatic nitrogens is 3. The average Bonchev–Trinajstić information content (AvgIpc) is 2.62. The van der Waals surface area contributed by atoms with Gasteiger partial charge in [0.2, 0.25) is 0 Å². The zero-order chi connectivity index (χ0) is 12.0. The van der Waals surface area contributed by atoms with Crippen molar-refractivity contribution in [1.82, 2.24) is 14.8 Å². The Morgan fingerprint density at radius 3 is 3.06 bits per heavy atom. The molecule has 1 unspecified atom stereocenters. The van der Waals surface area contributed by atoms with Crippen molar-refractivity contribution in [3.05, 3.63) is 12.2 Å². The molecule has 90 valence electrons. The van der Waals surface area contributed by atoms with Crippen molar-refractivity contribution >= 4 is 17.7 Å². The minimum atomic E-state index is -0.755. The molecule has 0 saturated carbocycles. The molecule has 1 rings (SSSR count). The fourth-order valence-corrected chi connectivity index (χ4v) is 2.24. The molecule has 1 N–H and O–H groups in total. The predicted octanol–water partition coefficient (Wildman–Crippen LogP) is 1.78. The lowest BCUT2D eigenvalue weighted by molar-refractivity contribution is -0.136. The first kappa shape index (κ1) is 13.0. The summed E-state index contributed by atoms with van der Waals surface area (Å²) in [5.41, 5.74) is 0. The maximum absolute atomic E-state index is 10.5.